The van der Waals surface area contributed by atoms with E-state index in [0.717, 1.165) is 0 Å². The second-order valence-corrected chi connectivity index (χ2v) is 4.65. The monoisotopic (exact) mass is 211 g/mol. The van der Waals surface area contributed by atoms with E-state index in [4.69, 9.17) is 0 Å². The van der Waals surface area contributed by atoms with Gasteiger partial charge in [0.05, 0.1) is 7.11 Å². The lowest BCUT2D eigenvalue weighted by molar-refractivity contribution is -0.137. The number of rotatable bonds is 2. The van der Waals surface area contributed by atoms with Crippen molar-refractivity contribution < 1.29 is 14.3 Å². The number of hydrogen-bond donors (Lipinski definition) is 1. The highest BCUT2D eigenvalue weighted by atomic mass is 16.5. The zero-order valence-corrected chi connectivity index (χ0v) is 9.64. The fourth-order valence-electron chi connectivity index (χ4n) is 1.39. The summed E-state index contributed by atoms with van der Waals surface area (Å²) in [5.74, 6) is -0.547. The summed E-state index contributed by atoms with van der Waals surface area (Å²) in [5, 5.41) is 2.83. The van der Waals surface area contributed by atoms with E-state index in [9.17, 15) is 9.59 Å². The molecule has 0 aromatic rings. The Morgan fingerprint density at radius 1 is 1.20 bits per heavy atom. The highest BCUT2D eigenvalue weighted by molar-refractivity contribution is 6.05. The lowest BCUT2D eigenvalue weighted by Crippen LogP contribution is -2.43. The Kier molecular flexibility index (Phi) is 3.17. The van der Waals surface area contributed by atoms with Crippen LogP contribution in [0.15, 0.2) is 11.1 Å². The molecule has 0 aromatic heterocycles. The molecule has 0 unspecified atom stereocenters. The number of carbonyl (C=O) groups excluding carboxylic acids is 2. The van der Waals surface area contributed by atoms with Crippen LogP contribution in [0.3, 0.4) is 0 Å². The van der Waals surface area contributed by atoms with E-state index in [-0.39, 0.29) is 17.4 Å². The summed E-state index contributed by atoms with van der Waals surface area (Å²) >= 11 is 0. The van der Waals surface area contributed by atoms with Crippen molar-refractivity contribution in [2.45, 2.75) is 39.2 Å². The van der Waals surface area contributed by atoms with Gasteiger partial charge in [0.1, 0.15) is 0 Å². The Morgan fingerprint density at radius 3 is 2.07 bits per heavy atom. The molecule has 0 aromatic carbocycles. The van der Waals surface area contributed by atoms with Crippen molar-refractivity contribution in [3.05, 3.63) is 11.1 Å². The van der Waals surface area contributed by atoms with Crippen LogP contribution in [0.5, 0.6) is 0 Å². The molecule has 1 aliphatic carbocycles. The van der Waals surface area contributed by atoms with E-state index >= 15 is 0 Å². The Balaban J connectivity index is 2.73. The molecule has 0 atom stereocenters. The minimum absolute atomic E-state index is 0.158. The summed E-state index contributed by atoms with van der Waals surface area (Å²) in [5.41, 5.74) is 0.803. The van der Waals surface area contributed by atoms with Crippen LogP contribution in [0.4, 0.5) is 0 Å². The van der Waals surface area contributed by atoms with Gasteiger partial charge in [-0.15, -0.1) is 0 Å². The molecule has 4 heteroatoms. The van der Waals surface area contributed by atoms with E-state index in [1.54, 1.807) is 0 Å². The quantitative estimate of drug-likeness (QED) is 0.697. The van der Waals surface area contributed by atoms with E-state index < -0.39 is 0 Å². The topological polar surface area (TPSA) is 55.4 Å². The molecule has 1 rings (SSSR count). The van der Waals surface area contributed by atoms with Gasteiger partial charge in [0, 0.05) is 16.7 Å². The van der Waals surface area contributed by atoms with Gasteiger partial charge in [-0.3, -0.25) is 4.79 Å². The molecule has 4 nitrogen and oxygen atoms in total. The molecule has 0 radical (unpaired) electrons. The fourth-order valence-corrected chi connectivity index (χ4v) is 1.39. The number of esters is 1. The van der Waals surface area contributed by atoms with Crippen molar-refractivity contribution in [1.29, 1.82) is 0 Å². The van der Waals surface area contributed by atoms with Crippen molar-refractivity contribution in [2.75, 3.05) is 7.11 Å². The van der Waals surface area contributed by atoms with Crippen LogP contribution in [0.1, 0.15) is 33.6 Å². The van der Waals surface area contributed by atoms with Crippen LogP contribution in [-0.4, -0.2) is 24.5 Å². The van der Waals surface area contributed by atoms with Crippen LogP contribution in [0.2, 0.25) is 0 Å². The molecule has 1 aliphatic rings. The van der Waals surface area contributed by atoms with Crippen molar-refractivity contribution in [2.24, 2.45) is 0 Å². The zero-order valence-electron chi connectivity index (χ0n) is 9.64. The van der Waals surface area contributed by atoms with E-state index in [0.29, 0.717) is 24.0 Å². The lowest BCUT2D eigenvalue weighted by atomic mass is 9.87. The fraction of sp³-hybridized carbons (Fsp3) is 0.636. The lowest BCUT2D eigenvalue weighted by Gasteiger charge is -2.26. The molecule has 0 heterocycles. The second-order valence-electron chi connectivity index (χ2n) is 4.65. The number of ether oxygens (including phenoxy) is 1. The van der Waals surface area contributed by atoms with Gasteiger partial charge in [-0.1, -0.05) is 0 Å². The van der Waals surface area contributed by atoms with Crippen molar-refractivity contribution in [3.8, 4) is 0 Å². The molecular weight excluding hydrogens is 194 g/mol. The largest absolute Gasteiger partial charge is 0.466 e. The molecule has 0 fully saturated rings. The van der Waals surface area contributed by atoms with Gasteiger partial charge in [0.15, 0.2) is 0 Å². The van der Waals surface area contributed by atoms with Gasteiger partial charge >= 0.3 is 5.97 Å². The van der Waals surface area contributed by atoms with Crippen LogP contribution in [0.25, 0.3) is 0 Å². The van der Waals surface area contributed by atoms with Gasteiger partial charge in [-0.25, -0.2) is 4.79 Å². The summed E-state index contributed by atoms with van der Waals surface area (Å²) < 4.78 is 4.59. The van der Waals surface area contributed by atoms with Crippen LogP contribution in [-0.2, 0) is 14.3 Å². The first-order valence-electron chi connectivity index (χ1n) is 4.98. The minimum Gasteiger partial charge on any atom is -0.466 e. The van der Waals surface area contributed by atoms with Gasteiger partial charge in [-0.2, -0.15) is 0 Å². The maximum absolute atomic E-state index is 11.7. The van der Waals surface area contributed by atoms with Crippen molar-refractivity contribution >= 4 is 11.9 Å². The summed E-state index contributed by atoms with van der Waals surface area (Å²) in [6.45, 7) is 5.71. The Hall–Kier alpha value is -1.32. The van der Waals surface area contributed by atoms with E-state index in [2.05, 4.69) is 10.1 Å². The molecule has 84 valence electrons. The van der Waals surface area contributed by atoms with E-state index in [1.807, 2.05) is 20.8 Å². The molecule has 0 bridgehead atoms. The van der Waals surface area contributed by atoms with Crippen LogP contribution in [0, 0.1) is 0 Å². The summed E-state index contributed by atoms with van der Waals surface area (Å²) in [7, 11) is 1.33. The molecule has 0 saturated carbocycles. The number of amides is 1. The summed E-state index contributed by atoms with van der Waals surface area (Å²) in [4.78, 5) is 22.9. The molecule has 0 aliphatic heterocycles. The number of hydrogen-bond acceptors (Lipinski definition) is 3. The summed E-state index contributed by atoms with van der Waals surface area (Å²) in [6, 6.07) is 0. The number of methoxy groups -OCH3 is 1. The minimum atomic E-state index is -0.389. The second kappa shape index (κ2) is 4.04. The third-order valence-corrected chi connectivity index (χ3v) is 2.18. The summed E-state index contributed by atoms with van der Waals surface area (Å²) in [6.07, 6.45) is 1.30. The Labute approximate surface area is 89.7 Å². The standard InChI is InChI=1S/C11H17NO3/c1-11(2,3)12-9(13)7-5-6-8(7)10(14)15-4/h5-6H2,1-4H3,(H,12,13). The zero-order chi connectivity index (χ0) is 11.6. The number of nitrogens with one attached hydrogen (secondary N) is 1. The average molecular weight is 211 g/mol. The predicted molar refractivity (Wildman–Crippen MR) is 56.2 cm³/mol. The van der Waals surface area contributed by atoms with Gasteiger partial charge < -0.3 is 10.1 Å². The van der Waals surface area contributed by atoms with Crippen LogP contribution >= 0.6 is 0 Å². The molecular formula is C11H17NO3. The molecule has 15 heavy (non-hydrogen) atoms. The first-order valence-corrected chi connectivity index (χ1v) is 4.98. The highest BCUT2D eigenvalue weighted by Gasteiger charge is 2.30. The van der Waals surface area contributed by atoms with Gasteiger partial charge in [-0.05, 0) is 33.6 Å². The number of carbonyl (C=O) groups is 2. The third kappa shape index (κ3) is 2.81. The van der Waals surface area contributed by atoms with Crippen molar-refractivity contribution in [1.82, 2.24) is 5.32 Å². The van der Waals surface area contributed by atoms with Crippen LogP contribution < -0.4 is 5.32 Å². The maximum Gasteiger partial charge on any atom is 0.334 e. The molecule has 1 N–H and O–H groups in total. The first kappa shape index (κ1) is 11.8. The predicted octanol–water partition coefficient (Wildman–Crippen LogP) is 1.16. The SMILES string of the molecule is COC(=O)C1=C(C(=O)NC(C)(C)C)CC1. The smallest absolute Gasteiger partial charge is 0.334 e. The van der Waals surface area contributed by atoms with Gasteiger partial charge in [0.2, 0.25) is 5.91 Å². The molecule has 1 amide bonds. The van der Waals surface area contributed by atoms with Gasteiger partial charge in [0.25, 0.3) is 0 Å². The maximum atomic E-state index is 11.7. The van der Waals surface area contributed by atoms with E-state index in [1.165, 1.54) is 7.11 Å². The molecule has 0 spiro atoms. The molecule has 0 saturated heterocycles. The first-order chi connectivity index (χ1) is 6.85. The van der Waals surface area contributed by atoms with Crippen molar-refractivity contribution in [3.63, 3.8) is 0 Å². The highest BCUT2D eigenvalue weighted by Crippen LogP contribution is 2.29. The normalized spacial score (nSPS) is 15.7. The average Bonchev–Trinajstić information content (AvgIpc) is 1.97. The Morgan fingerprint density at radius 2 is 1.73 bits per heavy atom. The Bertz CT molecular complexity index is 323. The third-order valence-electron chi connectivity index (χ3n) is 2.18.